The number of amides is 2. The first kappa shape index (κ1) is 20.7. The number of ether oxygens (including phenoxy) is 1. The third-order valence-electron chi connectivity index (χ3n) is 4.48. The molecule has 0 unspecified atom stereocenters. The molecule has 0 fully saturated rings. The van der Waals surface area contributed by atoms with Gasteiger partial charge >= 0.3 is 5.97 Å². The number of hydrogen-bond donors (Lipinski definition) is 2. The van der Waals surface area contributed by atoms with E-state index in [9.17, 15) is 14.4 Å². The molecule has 1 aliphatic heterocycles. The normalized spacial score (nSPS) is 15.1. The van der Waals surface area contributed by atoms with Gasteiger partial charge in [0, 0.05) is 25.9 Å². The van der Waals surface area contributed by atoms with Crippen LogP contribution in [0.25, 0.3) is 0 Å². The van der Waals surface area contributed by atoms with E-state index in [0.29, 0.717) is 24.4 Å². The third-order valence-corrected chi connectivity index (χ3v) is 4.48. The quantitative estimate of drug-likeness (QED) is 0.646. The average Bonchev–Trinajstić information content (AvgIpc) is 2.58. The molecule has 0 atom stereocenters. The van der Waals surface area contributed by atoms with E-state index in [0.717, 1.165) is 18.4 Å². The molecule has 0 saturated heterocycles. The molecule has 7 heteroatoms. The van der Waals surface area contributed by atoms with Crippen molar-refractivity contribution in [3.63, 3.8) is 0 Å². The van der Waals surface area contributed by atoms with E-state index in [4.69, 9.17) is 9.84 Å². The first-order valence-corrected chi connectivity index (χ1v) is 9.31. The van der Waals surface area contributed by atoms with Crippen molar-refractivity contribution >= 4 is 23.5 Å². The number of benzene rings is 1. The third kappa shape index (κ3) is 5.70. The van der Waals surface area contributed by atoms with Crippen LogP contribution in [0.4, 0.5) is 5.69 Å². The van der Waals surface area contributed by atoms with Crippen molar-refractivity contribution in [2.75, 3.05) is 18.0 Å². The number of rotatable bonds is 9. The summed E-state index contributed by atoms with van der Waals surface area (Å²) in [6.45, 7) is 6.19. The van der Waals surface area contributed by atoms with Crippen LogP contribution in [0.5, 0.6) is 5.75 Å². The van der Waals surface area contributed by atoms with Gasteiger partial charge in [-0.15, -0.1) is 0 Å². The topological polar surface area (TPSA) is 95.9 Å². The zero-order chi connectivity index (χ0) is 20.0. The summed E-state index contributed by atoms with van der Waals surface area (Å²) in [6, 6.07) is 5.67. The van der Waals surface area contributed by atoms with Crippen LogP contribution in [0.2, 0.25) is 0 Å². The molecule has 1 aliphatic rings. The molecule has 2 amide bonds. The number of carbonyl (C=O) groups excluding carboxylic acids is 2. The van der Waals surface area contributed by atoms with Gasteiger partial charge in [-0.2, -0.15) is 0 Å². The Morgan fingerprint density at radius 2 is 1.93 bits per heavy atom. The number of carbonyl (C=O) groups is 3. The number of carboxylic acids is 1. The van der Waals surface area contributed by atoms with Crippen molar-refractivity contribution in [2.24, 2.45) is 0 Å². The van der Waals surface area contributed by atoms with Crippen LogP contribution >= 0.6 is 0 Å². The highest BCUT2D eigenvalue weighted by atomic mass is 16.5. The van der Waals surface area contributed by atoms with Gasteiger partial charge in [0.15, 0.2) is 5.60 Å². The van der Waals surface area contributed by atoms with Gasteiger partial charge in [0.25, 0.3) is 5.91 Å². The lowest BCUT2D eigenvalue weighted by Crippen LogP contribution is -2.53. The number of anilines is 1. The molecule has 2 N–H and O–H groups in total. The van der Waals surface area contributed by atoms with Crippen molar-refractivity contribution in [1.29, 1.82) is 0 Å². The van der Waals surface area contributed by atoms with E-state index in [-0.39, 0.29) is 31.2 Å². The lowest BCUT2D eigenvalue weighted by molar-refractivity contribution is -0.137. The van der Waals surface area contributed by atoms with E-state index in [1.54, 1.807) is 18.7 Å². The summed E-state index contributed by atoms with van der Waals surface area (Å²) in [7, 11) is 0. The maximum Gasteiger partial charge on any atom is 0.303 e. The second-order valence-corrected chi connectivity index (χ2v) is 7.34. The van der Waals surface area contributed by atoms with Gasteiger partial charge in [-0.1, -0.05) is 12.5 Å². The summed E-state index contributed by atoms with van der Waals surface area (Å²) in [5.41, 5.74) is 0.740. The number of nitrogens with one attached hydrogen (secondary N) is 1. The van der Waals surface area contributed by atoms with Crippen LogP contribution in [0.1, 0.15) is 51.5 Å². The van der Waals surface area contributed by atoms with Gasteiger partial charge in [0.2, 0.25) is 5.91 Å². The number of hydrogen-bond acceptors (Lipinski definition) is 4. The van der Waals surface area contributed by atoms with Gasteiger partial charge in [-0.25, -0.2) is 0 Å². The minimum absolute atomic E-state index is 0.125. The molecule has 0 radical (unpaired) electrons. The van der Waals surface area contributed by atoms with Crippen LogP contribution in [0, 0.1) is 6.92 Å². The zero-order valence-electron chi connectivity index (χ0n) is 16.2. The SMILES string of the molecule is Cc1ccc2c(c1)N(CCC(=O)NCCCCCC(=O)O)C(=O)C(C)(C)O2. The highest BCUT2D eigenvalue weighted by Crippen LogP contribution is 2.38. The molecule has 0 saturated carbocycles. The molecule has 0 aliphatic carbocycles. The monoisotopic (exact) mass is 376 g/mol. The first-order chi connectivity index (χ1) is 12.7. The van der Waals surface area contributed by atoms with Gasteiger partial charge in [0.05, 0.1) is 5.69 Å². The minimum Gasteiger partial charge on any atom is -0.481 e. The Morgan fingerprint density at radius 1 is 1.19 bits per heavy atom. The molecule has 2 rings (SSSR count). The summed E-state index contributed by atoms with van der Waals surface area (Å²) < 4.78 is 5.81. The van der Waals surface area contributed by atoms with Gasteiger partial charge in [-0.05, 0) is 51.3 Å². The molecular formula is C20H28N2O5. The van der Waals surface area contributed by atoms with Gasteiger partial charge in [-0.3, -0.25) is 14.4 Å². The van der Waals surface area contributed by atoms with Gasteiger partial charge < -0.3 is 20.1 Å². The minimum atomic E-state index is -0.969. The van der Waals surface area contributed by atoms with Gasteiger partial charge in [0.1, 0.15) is 5.75 Å². The Morgan fingerprint density at radius 3 is 2.63 bits per heavy atom. The number of carboxylic acid groups (broad SMARTS) is 1. The Kier molecular flexibility index (Phi) is 6.82. The molecule has 7 nitrogen and oxygen atoms in total. The maximum absolute atomic E-state index is 12.7. The molecular weight excluding hydrogens is 348 g/mol. The van der Waals surface area contributed by atoms with Crippen molar-refractivity contribution in [3.05, 3.63) is 23.8 Å². The molecule has 1 aromatic rings. The van der Waals surface area contributed by atoms with E-state index in [1.165, 1.54) is 0 Å². The molecule has 0 aromatic heterocycles. The number of unbranched alkanes of at least 4 members (excludes halogenated alkanes) is 2. The maximum atomic E-state index is 12.7. The smallest absolute Gasteiger partial charge is 0.303 e. The second kappa shape index (κ2) is 8.88. The predicted molar refractivity (Wildman–Crippen MR) is 102 cm³/mol. The summed E-state index contributed by atoms with van der Waals surface area (Å²) >= 11 is 0. The molecule has 1 heterocycles. The highest BCUT2D eigenvalue weighted by Gasteiger charge is 2.40. The van der Waals surface area contributed by atoms with Crippen molar-refractivity contribution in [1.82, 2.24) is 5.32 Å². The fraction of sp³-hybridized carbons (Fsp3) is 0.550. The summed E-state index contributed by atoms with van der Waals surface area (Å²) in [5, 5.41) is 11.4. The fourth-order valence-electron chi connectivity index (χ4n) is 3.01. The zero-order valence-corrected chi connectivity index (χ0v) is 16.2. The molecule has 27 heavy (non-hydrogen) atoms. The molecule has 0 bridgehead atoms. The Balaban J connectivity index is 1.87. The average molecular weight is 376 g/mol. The number of nitrogens with zero attached hydrogens (tertiary/aromatic N) is 1. The lowest BCUT2D eigenvalue weighted by atomic mass is 10.0. The molecule has 148 valence electrons. The van der Waals surface area contributed by atoms with Crippen LogP contribution in [-0.2, 0) is 14.4 Å². The molecule has 1 aromatic carbocycles. The highest BCUT2D eigenvalue weighted by molar-refractivity contribution is 6.02. The van der Waals surface area contributed by atoms with E-state index < -0.39 is 11.6 Å². The van der Waals surface area contributed by atoms with E-state index in [1.807, 2.05) is 25.1 Å². The molecule has 0 spiro atoms. The number of aliphatic carboxylic acids is 1. The van der Waals surface area contributed by atoms with Crippen LogP contribution in [0.3, 0.4) is 0 Å². The van der Waals surface area contributed by atoms with Crippen LogP contribution < -0.4 is 15.0 Å². The Labute approximate surface area is 159 Å². The standard InChI is InChI=1S/C20H28N2O5/c1-14-8-9-16-15(13-14)22(19(26)20(2,3)27-16)12-10-17(23)21-11-6-4-5-7-18(24)25/h8-9,13H,4-7,10-12H2,1-3H3,(H,21,23)(H,24,25). The second-order valence-electron chi connectivity index (χ2n) is 7.34. The largest absolute Gasteiger partial charge is 0.481 e. The number of fused-ring (bicyclic) bond motifs is 1. The Hall–Kier alpha value is -2.57. The predicted octanol–water partition coefficient (Wildman–Crippen LogP) is 2.65. The first-order valence-electron chi connectivity index (χ1n) is 9.31. The van der Waals surface area contributed by atoms with E-state index in [2.05, 4.69) is 5.32 Å². The van der Waals surface area contributed by atoms with E-state index >= 15 is 0 Å². The van der Waals surface area contributed by atoms with Crippen molar-refractivity contribution in [2.45, 2.75) is 58.5 Å². The van der Waals surface area contributed by atoms with Crippen LogP contribution in [0.15, 0.2) is 18.2 Å². The van der Waals surface area contributed by atoms with Crippen LogP contribution in [-0.4, -0.2) is 41.6 Å². The summed E-state index contributed by atoms with van der Waals surface area (Å²) in [5.74, 6) is -0.446. The lowest BCUT2D eigenvalue weighted by Gasteiger charge is -2.38. The van der Waals surface area contributed by atoms with Crippen molar-refractivity contribution < 1.29 is 24.2 Å². The summed E-state index contributed by atoms with van der Waals surface area (Å²) in [6.07, 6.45) is 2.46. The van der Waals surface area contributed by atoms with Crippen molar-refractivity contribution in [3.8, 4) is 5.75 Å². The Bertz CT molecular complexity index is 714. The fourth-order valence-corrected chi connectivity index (χ4v) is 3.01. The number of aryl methyl sites for hydroxylation is 1. The summed E-state index contributed by atoms with van der Waals surface area (Å²) in [4.78, 5) is 36.9.